The summed E-state index contributed by atoms with van der Waals surface area (Å²) in [5, 5.41) is 13.5. The minimum absolute atomic E-state index is 0.00955. The molecule has 9 nitrogen and oxygen atoms in total. The number of anilines is 1. The topological polar surface area (TPSA) is 121 Å². The average molecular weight is 533 g/mol. The van der Waals surface area contributed by atoms with Crippen molar-refractivity contribution >= 4 is 29.2 Å². The zero-order valence-electron chi connectivity index (χ0n) is 19.1. The van der Waals surface area contributed by atoms with E-state index in [1.807, 2.05) is 0 Å². The maximum absolute atomic E-state index is 14.5. The minimum Gasteiger partial charge on any atom is -0.382 e. The third-order valence-electron chi connectivity index (χ3n) is 5.50. The maximum Gasteiger partial charge on any atom is 0.434 e. The number of nitrogens with two attached hydrogens (primary N) is 1. The monoisotopic (exact) mass is 532 g/mol. The molecule has 1 unspecified atom stereocenters. The number of hydrogen-bond donors (Lipinski definition) is 2. The summed E-state index contributed by atoms with van der Waals surface area (Å²) in [7, 11) is 1.36. The summed E-state index contributed by atoms with van der Waals surface area (Å²) in [5.41, 5.74) is 4.80. The van der Waals surface area contributed by atoms with Crippen molar-refractivity contribution in [2.75, 3.05) is 25.5 Å². The Morgan fingerprint density at radius 1 is 1.28 bits per heavy atom. The van der Waals surface area contributed by atoms with Crippen molar-refractivity contribution in [3.8, 4) is 0 Å². The van der Waals surface area contributed by atoms with E-state index in [0.29, 0.717) is 6.20 Å². The fraction of sp³-hybridized carbons (Fsp3) is 0.429. The van der Waals surface area contributed by atoms with E-state index in [4.69, 9.17) is 17.3 Å². The van der Waals surface area contributed by atoms with Crippen LogP contribution in [0, 0.1) is 5.92 Å². The van der Waals surface area contributed by atoms with Gasteiger partial charge in [0.05, 0.1) is 37.6 Å². The molecule has 0 radical (unpaired) electrons. The number of aromatic nitrogens is 2. The van der Waals surface area contributed by atoms with Gasteiger partial charge >= 0.3 is 6.18 Å². The Bertz CT molecular complexity index is 1160. The quantitative estimate of drug-likeness (QED) is 0.187. The fourth-order valence-electron chi connectivity index (χ4n) is 3.87. The summed E-state index contributed by atoms with van der Waals surface area (Å²) < 4.78 is 67.3. The molecule has 0 saturated carbocycles. The van der Waals surface area contributed by atoms with Crippen molar-refractivity contribution in [3.63, 3.8) is 0 Å². The summed E-state index contributed by atoms with van der Waals surface area (Å²) in [5.74, 6) is -4.82. The van der Waals surface area contributed by atoms with E-state index in [9.17, 15) is 26.7 Å². The number of piperidine rings is 1. The van der Waals surface area contributed by atoms with Crippen LogP contribution in [0.3, 0.4) is 0 Å². The number of hydrogen-bond acceptors (Lipinski definition) is 6. The van der Waals surface area contributed by atoms with Gasteiger partial charge in [0.25, 0.3) is 11.8 Å². The largest absolute Gasteiger partial charge is 0.434 e. The molecule has 2 aromatic rings. The summed E-state index contributed by atoms with van der Waals surface area (Å²) in [4.78, 5) is 21.5. The lowest BCUT2D eigenvalue weighted by Crippen LogP contribution is -2.57. The Labute approximate surface area is 207 Å². The molecule has 1 fully saturated rings. The van der Waals surface area contributed by atoms with Crippen LogP contribution in [0.2, 0.25) is 5.02 Å². The van der Waals surface area contributed by atoms with Gasteiger partial charge in [-0.1, -0.05) is 18.5 Å². The molecule has 0 spiro atoms. The molecule has 1 aromatic carbocycles. The summed E-state index contributed by atoms with van der Waals surface area (Å²) in [6.07, 6.45) is -3.72. The van der Waals surface area contributed by atoms with Gasteiger partial charge in [0.15, 0.2) is 11.5 Å². The van der Waals surface area contributed by atoms with Crippen molar-refractivity contribution in [1.29, 1.82) is 0 Å². The first-order valence-corrected chi connectivity index (χ1v) is 10.9. The van der Waals surface area contributed by atoms with Gasteiger partial charge in [-0.25, -0.2) is 18.7 Å². The van der Waals surface area contributed by atoms with Crippen molar-refractivity contribution in [1.82, 2.24) is 14.9 Å². The van der Waals surface area contributed by atoms with E-state index in [1.165, 1.54) is 25.2 Å². The third kappa shape index (κ3) is 6.42. The molecule has 1 aromatic heterocycles. The van der Waals surface area contributed by atoms with Crippen molar-refractivity contribution in [2.24, 2.45) is 27.1 Å². The van der Waals surface area contributed by atoms with Crippen LogP contribution in [-0.2, 0) is 6.18 Å². The lowest BCUT2D eigenvalue weighted by Gasteiger charge is -2.43. The molecule has 1 aliphatic rings. The van der Waals surface area contributed by atoms with E-state index in [0.717, 1.165) is 11.1 Å². The smallest absolute Gasteiger partial charge is 0.382 e. The number of nitrogens with one attached hydrogen (secondary N) is 1. The van der Waals surface area contributed by atoms with Gasteiger partial charge in [0.1, 0.15) is 5.82 Å². The molecule has 194 valence electrons. The molecule has 36 heavy (non-hydrogen) atoms. The summed E-state index contributed by atoms with van der Waals surface area (Å²) >= 11 is 6.07. The molecule has 3 N–H and O–H groups in total. The van der Waals surface area contributed by atoms with Crippen LogP contribution in [0.4, 0.5) is 27.8 Å². The van der Waals surface area contributed by atoms with E-state index in [-0.39, 0.29) is 34.3 Å². The number of carbonyl (C=O) groups is 1. The van der Waals surface area contributed by atoms with Gasteiger partial charge in [-0.2, -0.15) is 18.3 Å². The van der Waals surface area contributed by atoms with Crippen LogP contribution in [0.5, 0.6) is 0 Å². The first-order valence-electron chi connectivity index (χ1n) is 10.6. The van der Waals surface area contributed by atoms with E-state index >= 15 is 0 Å². The first kappa shape index (κ1) is 27.2. The Morgan fingerprint density at radius 2 is 2.00 bits per heavy atom. The standard InChI is InChI=1S/C21H22ClF5N8O/c1-11-6-20(23,24)10-35(15(11)7-31-17-9-30-16(8-32-17)21(25,26)27)19(36)14-5-12(22)3-4-13(14)18(28)33-34-29-2/h3-5,8-9,11,15H,6-7,10H2,1-2H3,(H,31,32)(H2,28,29,33)/t11-,15?/m1/s1. The molecule has 1 amide bonds. The van der Waals surface area contributed by atoms with Crippen LogP contribution < -0.4 is 11.1 Å². The van der Waals surface area contributed by atoms with Crippen molar-refractivity contribution < 1.29 is 26.7 Å². The average Bonchev–Trinajstić information content (AvgIpc) is 2.80. The fourth-order valence-corrected chi connectivity index (χ4v) is 4.04. The number of benzene rings is 1. The number of rotatable bonds is 6. The highest BCUT2D eigenvalue weighted by molar-refractivity contribution is 6.31. The first-order chi connectivity index (χ1) is 16.8. The Morgan fingerprint density at radius 3 is 2.61 bits per heavy atom. The maximum atomic E-state index is 14.5. The second-order valence-corrected chi connectivity index (χ2v) is 8.60. The van der Waals surface area contributed by atoms with E-state index in [2.05, 4.69) is 30.7 Å². The number of alkyl halides is 5. The molecule has 0 bridgehead atoms. The molecule has 15 heteroatoms. The van der Waals surface area contributed by atoms with Gasteiger partial charge < -0.3 is 16.0 Å². The zero-order valence-corrected chi connectivity index (χ0v) is 19.9. The lowest BCUT2D eigenvalue weighted by atomic mass is 9.87. The SMILES string of the molecule is CN=NN=C(N)c1ccc(Cl)cc1C(=O)N1CC(F)(F)C[C@@H](C)C1CNc1cnc(C(F)(F)F)cn1. The molecule has 2 atom stereocenters. The highest BCUT2D eigenvalue weighted by Gasteiger charge is 2.46. The number of nitrogens with zero attached hydrogens (tertiary/aromatic N) is 6. The van der Waals surface area contributed by atoms with E-state index in [1.54, 1.807) is 6.92 Å². The lowest BCUT2D eigenvalue weighted by molar-refractivity contribution is -0.141. The van der Waals surface area contributed by atoms with Gasteiger partial charge in [-0.05, 0) is 29.3 Å². The van der Waals surface area contributed by atoms with Crippen LogP contribution in [-0.4, -0.2) is 58.7 Å². The molecule has 3 rings (SSSR count). The van der Waals surface area contributed by atoms with E-state index < -0.39 is 48.6 Å². The van der Waals surface area contributed by atoms with Crippen molar-refractivity contribution in [2.45, 2.75) is 31.5 Å². The third-order valence-corrected chi connectivity index (χ3v) is 5.74. The Balaban J connectivity index is 1.91. The highest BCUT2D eigenvalue weighted by atomic mass is 35.5. The number of carbonyl (C=O) groups excluding carboxylic acids is 1. The molecular formula is C21H22ClF5N8O. The van der Waals surface area contributed by atoms with Crippen LogP contribution >= 0.6 is 11.6 Å². The highest BCUT2D eigenvalue weighted by Crippen LogP contribution is 2.36. The van der Waals surface area contributed by atoms with Gasteiger partial charge in [0.2, 0.25) is 0 Å². The molecule has 1 aliphatic heterocycles. The number of amides is 1. The predicted molar refractivity (Wildman–Crippen MR) is 122 cm³/mol. The van der Waals surface area contributed by atoms with Gasteiger partial charge in [-0.3, -0.25) is 4.79 Å². The molecular weight excluding hydrogens is 511 g/mol. The molecule has 2 heterocycles. The number of likely N-dealkylation sites (tertiary alicyclic amines) is 1. The van der Waals surface area contributed by atoms with Gasteiger partial charge in [-0.15, -0.1) is 5.10 Å². The minimum atomic E-state index is -4.66. The summed E-state index contributed by atoms with van der Waals surface area (Å²) in [6, 6.07) is 3.38. The number of halogens is 6. The zero-order chi connectivity index (χ0) is 26.7. The Kier molecular flexibility index (Phi) is 8.06. The Hall–Kier alpha value is -3.42. The van der Waals surface area contributed by atoms with Crippen LogP contribution in [0.1, 0.15) is 35.0 Å². The van der Waals surface area contributed by atoms with Crippen LogP contribution in [0.15, 0.2) is 46.0 Å². The predicted octanol–water partition coefficient (Wildman–Crippen LogP) is 4.45. The number of amidine groups is 1. The summed E-state index contributed by atoms with van der Waals surface area (Å²) in [6.45, 7) is 0.583. The van der Waals surface area contributed by atoms with Crippen LogP contribution in [0.25, 0.3) is 0 Å². The molecule has 0 aliphatic carbocycles. The normalized spacial score (nSPS) is 20.6. The van der Waals surface area contributed by atoms with Gasteiger partial charge in [0, 0.05) is 23.6 Å². The van der Waals surface area contributed by atoms with Crippen molar-refractivity contribution in [3.05, 3.63) is 52.4 Å². The molecule has 1 saturated heterocycles. The second kappa shape index (κ2) is 10.7. The second-order valence-electron chi connectivity index (χ2n) is 8.17.